The van der Waals surface area contributed by atoms with Crippen LogP contribution in [-0.4, -0.2) is 53.3 Å². The molecule has 3 aromatic rings. The van der Waals surface area contributed by atoms with Gasteiger partial charge in [-0.05, 0) is 48.4 Å². The van der Waals surface area contributed by atoms with Gasteiger partial charge in [0.15, 0.2) is 0 Å². The standard InChI is InChI=1S/C27H29N3O5S/c1-21-8-14-25(36-21)19-29(18-23-6-4-3-5-7-23)27(32)20-28(16-17-35-2)26(31)15-11-22-9-12-24(13-10-22)30(33)34/h3-15H,16-20H2,1-2H3/b15-11+. The fourth-order valence-electron chi connectivity index (χ4n) is 3.51. The zero-order chi connectivity index (χ0) is 25.9. The van der Waals surface area contributed by atoms with Crippen LogP contribution in [0, 0.1) is 17.0 Å². The Labute approximate surface area is 214 Å². The maximum absolute atomic E-state index is 13.4. The Balaban J connectivity index is 1.74. The van der Waals surface area contributed by atoms with Gasteiger partial charge in [-0.3, -0.25) is 19.7 Å². The smallest absolute Gasteiger partial charge is 0.269 e. The van der Waals surface area contributed by atoms with E-state index in [0.717, 1.165) is 10.4 Å². The van der Waals surface area contributed by atoms with Gasteiger partial charge in [0.1, 0.15) is 6.54 Å². The normalized spacial score (nSPS) is 10.9. The molecule has 0 fully saturated rings. The molecule has 0 saturated carbocycles. The Bertz CT molecular complexity index is 1190. The van der Waals surface area contributed by atoms with Gasteiger partial charge in [-0.25, -0.2) is 0 Å². The number of hydrogen-bond acceptors (Lipinski definition) is 6. The zero-order valence-electron chi connectivity index (χ0n) is 20.3. The van der Waals surface area contributed by atoms with E-state index in [1.807, 2.05) is 49.4 Å². The minimum Gasteiger partial charge on any atom is -0.383 e. The van der Waals surface area contributed by atoms with Crippen LogP contribution in [0.25, 0.3) is 6.08 Å². The van der Waals surface area contributed by atoms with Gasteiger partial charge in [0.05, 0.1) is 18.1 Å². The molecule has 2 amide bonds. The van der Waals surface area contributed by atoms with Crippen molar-refractivity contribution in [2.75, 3.05) is 26.8 Å². The highest BCUT2D eigenvalue weighted by Gasteiger charge is 2.21. The third-order valence-electron chi connectivity index (χ3n) is 5.44. The summed E-state index contributed by atoms with van der Waals surface area (Å²) in [6.07, 6.45) is 2.95. The molecule has 188 valence electrons. The van der Waals surface area contributed by atoms with Crippen molar-refractivity contribution in [3.8, 4) is 0 Å². The predicted octanol–water partition coefficient (Wildman–Crippen LogP) is 4.68. The molecule has 8 nitrogen and oxygen atoms in total. The number of hydrogen-bond donors (Lipinski definition) is 0. The van der Waals surface area contributed by atoms with Crippen LogP contribution < -0.4 is 0 Å². The summed E-state index contributed by atoms with van der Waals surface area (Å²) in [6, 6.07) is 19.7. The molecule has 0 N–H and O–H groups in total. The highest BCUT2D eigenvalue weighted by Crippen LogP contribution is 2.19. The number of nitro groups is 1. The first-order valence-corrected chi connectivity index (χ1v) is 12.2. The molecular weight excluding hydrogens is 478 g/mol. The van der Waals surface area contributed by atoms with E-state index in [4.69, 9.17) is 4.74 Å². The fourth-order valence-corrected chi connectivity index (χ4v) is 4.41. The molecule has 0 aliphatic rings. The van der Waals surface area contributed by atoms with Gasteiger partial charge in [-0.1, -0.05) is 30.3 Å². The lowest BCUT2D eigenvalue weighted by molar-refractivity contribution is -0.384. The van der Waals surface area contributed by atoms with Gasteiger partial charge < -0.3 is 14.5 Å². The molecule has 0 atom stereocenters. The molecule has 0 spiro atoms. The average Bonchev–Trinajstić information content (AvgIpc) is 3.29. The Morgan fingerprint density at radius 1 is 1.00 bits per heavy atom. The molecule has 0 radical (unpaired) electrons. The number of carbonyl (C=O) groups excluding carboxylic acids is 2. The minimum atomic E-state index is -0.477. The third-order valence-corrected chi connectivity index (χ3v) is 6.42. The molecule has 1 heterocycles. The van der Waals surface area contributed by atoms with Crippen molar-refractivity contribution in [2.24, 2.45) is 0 Å². The van der Waals surface area contributed by atoms with Crippen molar-refractivity contribution in [3.05, 3.63) is 104 Å². The summed E-state index contributed by atoms with van der Waals surface area (Å²) in [5.41, 5.74) is 1.63. The lowest BCUT2D eigenvalue weighted by Gasteiger charge is -2.27. The number of nitrogens with zero attached hydrogens (tertiary/aromatic N) is 3. The lowest BCUT2D eigenvalue weighted by atomic mass is 10.2. The molecule has 0 bridgehead atoms. The summed E-state index contributed by atoms with van der Waals surface area (Å²) in [6.45, 7) is 3.36. The number of non-ortho nitro benzene ring substituents is 1. The monoisotopic (exact) mass is 507 g/mol. The number of benzene rings is 2. The van der Waals surface area contributed by atoms with Crippen molar-refractivity contribution in [1.29, 1.82) is 0 Å². The van der Waals surface area contributed by atoms with Crippen LogP contribution in [0.4, 0.5) is 5.69 Å². The molecule has 0 unspecified atom stereocenters. The fraction of sp³-hybridized carbons (Fsp3) is 0.259. The topological polar surface area (TPSA) is 93.0 Å². The zero-order valence-corrected chi connectivity index (χ0v) is 21.1. The van der Waals surface area contributed by atoms with Gasteiger partial charge in [-0.15, -0.1) is 11.3 Å². The van der Waals surface area contributed by atoms with Crippen molar-refractivity contribution in [1.82, 2.24) is 9.80 Å². The summed E-state index contributed by atoms with van der Waals surface area (Å²) in [5.74, 6) is -0.511. The number of thiophene rings is 1. The van der Waals surface area contributed by atoms with E-state index in [1.165, 1.54) is 35.1 Å². The molecule has 0 saturated heterocycles. The highest BCUT2D eigenvalue weighted by molar-refractivity contribution is 7.11. The Morgan fingerprint density at radius 3 is 2.33 bits per heavy atom. The van der Waals surface area contributed by atoms with E-state index < -0.39 is 4.92 Å². The Morgan fingerprint density at radius 2 is 1.72 bits per heavy atom. The first-order chi connectivity index (χ1) is 17.4. The van der Waals surface area contributed by atoms with E-state index in [9.17, 15) is 19.7 Å². The summed E-state index contributed by atoms with van der Waals surface area (Å²) < 4.78 is 5.15. The van der Waals surface area contributed by atoms with Crippen LogP contribution in [0.1, 0.15) is 20.9 Å². The molecule has 3 rings (SSSR count). The lowest BCUT2D eigenvalue weighted by Crippen LogP contribution is -2.43. The van der Waals surface area contributed by atoms with Crippen molar-refractivity contribution >= 4 is 34.9 Å². The van der Waals surface area contributed by atoms with E-state index in [1.54, 1.807) is 34.4 Å². The number of methoxy groups -OCH3 is 1. The van der Waals surface area contributed by atoms with E-state index in [0.29, 0.717) is 18.7 Å². The maximum Gasteiger partial charge on any atom is 0.269 e. The number of aryl methyl sites for hydroxylation is 1. The quantitative estimate of drug-likeness (QED) is 0.202. The largest absolute Gasteiger partial charge is 0.383 e. The molecule has 0 aliphatic carbocycles. The number of nitro benzene ring substituents is 1. The third kappa shape index (κ3) is 8.14. The second kappa shape index (κ2) is 13.3. The van der Waals surface area contributed by atoms with Crippen molar-refractivity contribution in [2.45, 2.75) is 20.0 Å². The Hall–Kier alpha value is -3.82. The van der Waals surface area contributed by atoms with Crippen LogP contribution in [0.3, 0.4) is 0 Å². The van der Waals surface area contributed by atoms with Gasteiger partial charge in [0.25, 0.3) is 5.69 Å². The summed E-state index contributed by atoms with van der Waals surface area (Å²) >= 11 is 1.64. The summed E-state index contributed by atoms with van der Waals surface area (Å²) in [4.78, 5) is 42.2. The second-order valence-corrected chi connectivity index (χ2v) is 9.55. The SMILES string of the molecule is COCCN(CC(=O)N(Cc1ccccc1)Cc1ccc(C)s1)C(=O)/C=C/c1ccc([N+](=O)[O-])cc1. The van der Waals surface area contributed by atoms with Crippen LogP contribution in [-0.2, 0) is 27.4 Å². The minimum absolute atomic E-state index is 0.0229. The molecule has 2 aromatic carbocycles. The highest BCUT2D eigenvalue weighted by atomic mass is 32.1. The van der Waals surface area contributed by atoms with Gasteiger partial charge in [0.2, 0.25) is 11.8 Å². The van der Waals surface area contributed by atoms with Crippen molar-refractivity contribution < 1.29 is 19.2 Å². The van der Waals surface area contributed by atoms with Crippen LogP contribution in [0.5, 0.6) is 0 Å². The number of carbonyl (C=O) groups is 2. The number of ether oxygens (including phenoxy) is 1. The van der Waals surface area contributed by atoms with E-state index >= 15 is 0 Å². The van der Waals surface area contributed by atoms with Crippen LogP contribution >= 0.6 is 11.3 Å². The second-order valence-electron chi connectivity index (χ2n) is 8.18. The molecule has 36 heavy (non-hydrogen) atoms. The number of rotatable bonds is 12. The van der Waals surface area contributed by atoms with E-state index in [2.05, 4.69) is 0 Å². The summed E-state index contributed by atoms with van der Waals surface area (Å²) in [7, 11) is 1.54. The van der Waals surface area contributed by atoms with Crippen LogP contribution in [0.15, 0.2) is 72.8 Å². The number of amides is 2. The Kier molecular flexibility index (Phi) is 9.91. The molecule has 9 heteroatoms. The van der Waals surface area contributed by atoms with Gasteiger partial charge >= 0.3 is 0 Å². The molecule has 0 aliphatic heterocycles. The summed E-state index contributed by atoms with van der Waals surface area (Å²) in [5, 5.41) is 10.8. The van der Waals surface area contributed by atoms with E-state index in [-0.39, 0.29) is 37.2 Å². The first-order valence-electron chi connectivity index (χ1n) is 11.4. The average molecular weight is 508 g/mol. The first kappa shape index (κ1) is 26.8. The van der Waals surface area contributed by atoms with Gasteiger partial charge in [-0.2, -0.15) is 0 Å². The van der Waals surface area contributed by atoms with Crippen molar-refractivity contribution in [3.63, 3.8) is 0 Å². The maximum atomic E-state index is 13.4. The molecular formula is C27H29N3O5S. The predicted molar refractivity (Wildman–Crippen MR) is 140 cm³/mol. The van der Waals surface area contributed by atoms with Gasteiger partial charge in [0, 0.05) is 48.2 Å². The van der Waals surface area contributed by atoms with Crippen LogP contribution in [0.2, 0.25) is 0 Å². The molecule has 1 aromatic heterocycles.